The number of aldehydes is 1. The zero-order valence-corrected chi connectivity index (χ0v) is 31.2. The molecule has 2 unspecified atom stereocenters. The van der Waals surface area contributed by atoms with Crippen molar-refractivity contribution in [1.82, 2.24) is 9.80 Å². The van der Waals surface area contributed by atoms with Crippen LogP contribution in [0.3, 0.4) is 0 Å². The quantitative estimate of drug-likeness (QED) is 0.0917. The summed E-state index contributed by atoms with van der Waals surface area (Å²) in [6, 6.07) is 38.2. The van der Waals surface area contributed by atoms with Crippen molar-refractivity contribution < 1.29 is 23.2 Å². The number of nitriles is 2. The fourth-order valence-electron chi connectivity index (χ4n) is 6.76. The van der Waals surface area contributed by atoms with Gasteiger partial charge in [-0.1, -0.05) is 78.9 Å². The van der Waals surface area contributed by atoms with Crippen molar-refractivity contribution in [3.8, 4) is 12.1 Å². The number of fused-ring (bicyclic) bond motifs is 2. The molecule has 0 N–H and O–H groups in total. The van der Waals surface area contributed by atoms with Gasteiger partial charge in [-0.25, -0.2) is 8.78 Å². The monoisotopic (exact) mass is 746 g/mol. The predicted molar refractivity (Wildman–Crippen MR) is 215 cm³/mol. The van der Waals surface area contributed by atoms with Gasteiger partial charge < -0.3 is 14.6 Å². The molecule has 0 radical (unpaired) electrons. The van der Waals surface area contributed by atoms with E-state index in [2.05, 4.69) is 18.7 Å². The molecule has 56 heavy (non-hydrogen) atoms. The Balaban J connectivity index is 0.000000214. The largest absolute Gasteiger partial charge is 0.341 e. The van der Waals surface area contributed by atoms with Gasteiger partial charge in [0.1, 0.15) is 17.9 Å². The summed E-state index contributed by atoms with van der Waals surface area (Å²) in [6.07, 6.45) is 3.50. The molecule has 9 heteroatoms. The third-order valence-corrected chi connectivity index (χ3v) is 9.64. The van der Waals surface area contributed by atoms with Gasteiger partial charge in [-0.2, -0.15) is 10.5 Å². The van der Waals surface area contributed by atoms with E-state index in [0.29, 0.717) is 41.8 Å². The number of carbonyl (C=O) groups is 3. The van der Waals surface area contributed by atoms with E-state index in [4.69, 9.17) is 0 Å². The standard InChI is InChI=1S/C24H21FN2O.C23H19FN2O2/c1-3-6-20(18-9-11-21(25)12-10-18)16-27(2)24(28)23-14-17(15-26)13-19-7-4-5-8-22(19)23;1-26(15-19(10-11-27)17-6-8-20(24)9-7-17)23(28)22-13-16(14-25)12-18-4-2-3-5-21(18)22/h3-5,7-14,20H,1,6,16H2,2H3;2-9,11-13,19H,10,15H2,1H3. The molecule has 0 heterocycles. The Labute approximate surface area is 325 Å². The molecule has 7 nitrogen and oxygen atoms in total. The molecule has 2 atom stereocenters. The maximum Gasteiger partial charge on any atom is 0.254 e. The zero-order chi connectivity index (χ0) is 40.2. The van der Waals surface area contributed by atoms with E-state index in [-0.39, 0.29) is 41.7 Å². The first-order chi connectivity index (χ1) is 27.1. The predicted octanol–water partition coefficient (Wildman–Crippen LogP) is 9.58. The molecule has 0 aromatic heterocycles. The molecular weight excluding hydrogens is 707 g/mol. The molecule has 0 bridgehead atoms. The number of hydrogen-bond acceptors (Lipinski definition) is 5. The average molecular weight is 747 g/mol. The van der Waals surface area contributed by atoms with E-state index in [9.17, 15) is 33.7 Å². The highest BCUT2D eigenvalue weighted by atomic mass is 19.1. The second-order valence-electron chi connectivity index (χ2n) is 13.5. The first-order valence-corrected chi connectivity index (χ1v) is 18.0. The van der Waals surface area contributed by atoms with Gasteiger partial charge in [0.15, 0.2) is 0 Å². The van der Waals surface area contributed by atoms with E-state index in [0.717, 1.165) is 39.0 Å². The normalized spacial score (nSPS) is 11.6. The van der Waals surface area contributed by atoms with Crippen LogP contribution in [-0.4, -0.2) is 55.1 Å². The molecule has 0 aliphatic rings. The van der Waals surface area contributed by atoms with Crippen LogP contribution in [0, 0.1) is 34.3 Å². The molecule has 0 saturated heterocycles. The average Bonchev–Trinajstić information content (AvgIpc) is 3.22. The van der Waals surface area contributed by atoms with E-state index in [1.165, 1.54) is 24.3 Å². The lowest BCUT2D eigenvalue weighted by atomic mass is 9.94. The topological polar surface area (TPSA) is 105 Å². The number of halogens is 2. The first-order valence-electron chi connectivity index (χ1n) is 18.0. The number of likely N-dealkylation sites (N-methyl/N-ethyl adjacent to an activating group) is 2. The first kappa shape index (κ1) is 40.2. The summed E-state index contributed by atoms with van der Waals surface area (Å²) in [5, 5.41) is 21.9. The summed E-state index contributed by atoms with van der Waals surface area (Å²) in [5.41, 5.74) is 3.57. The van der Waals surface area contributed by atoms with Crippen LogP contribution < -0.4 is 0 Å². The summed E-state index contributed by atoms with van der Waals surface area (Å²) in [4.78, 5) is 40.6. The van der Waals surface area contributed by atoms with Crippen molar-refractivity contribution in [2.45, 2.75) is 24.7 Å². The van der Waals surface area contributed by atoms with Gasteiger partial charge in [-0.15, -0.1) is 6.58 Å². The van der Waals surface area contributed by atoms with Gasteiger partial charge >= 0.3 is 0 Å². The molecule has 6 rings (SSSR count). The fourth-order valence-corrected chi connectivity index (χ4v) is 6.76. The summed E-state index contributed by atoms with van der Waals surface area (Å²) in [5.74, 6) is -1.24. The van der Waals surface area contributed by atoms with Crippen molar-refractivity contribution >= 4 is 39.6 Å². The summed E-state index contributed by atoms with van der Waals surface area (Å²) < 4.78 is 26.5. The van der Waals surface area contributed by atoms with E-state index in [1.807, 2.05) is 48.5 Å². The SMILES string of the molecule is C=CCC(CN(C)C(=O)c1cc(C#N)cc2ccccc12)c1ccc(F)cc1.CN(CC(CC=O)c1ccc(F)cc1)C(=O)c1cc(C#N)cc2ccccc12. The second-order valence-corrected chi connectivity index (χ2v) is 13.5. The molecule has 0 spiro atoms. The minimum atomic E-state index is -0.349. The minimum Gasteiger partial charge on any atom is -0.341 e. The van der Waals surface area contributed by atoms with Gasteiger partial charge in [0, 0.05) is 56.6 Å². The van der Waals surface area contributed by atoms with Crippen LogP contribution in [-0.2, 0) is 4.79 Å². The number of hydrogen-bond donors (Lipinski definition) is 0. The van der Waals surface area contributed by atoms with Crippen molar-refractivity contribution in [1.29, 1.82) is 10.5 Å². The van der Waals surface area contributed by atoms with Crippen LogP contribution in [0.2, 0.25) is 0 Å². The van der Waals surface area contributed by atoms with Crippen LogP contribution in [0.25, 0.3) is 21.5 Å². The lowest BCUT2D eigenvalue weighted by Crippen LogP contribution is -2.31. The number of nitrogens with zero attached hydrogens (tertiary/aromatic N) is 4. The zero-order valence-electron chi connectivity index (χ0n) is 31.2. The van der Waals surface area contributed by atoms with Crippen molar-refractivity contribution in [3.05, 3.63) is 179 Å². The van der Waals surface area contributed by atoms with E-state index >= 15 is 0 Å². The third kappa shape index (κ3) is 9.76. The molecule has 6 aromatic rings. The van der Waals surface area contributed by atoms with E-state index in [1.54, 1.807) is 78.5 Å². The molecule has 6 aromatic carbocycles. The highest BCUT2D eigenvalue weighted by Gasteiger charge is 2.22. The second kappa shape index (κ2) is 18.9. The van der Waals surface area contributed by atoms with Crippen LogP contribution >= 0.6 is 0 Å². The van der Waals surface area contributed by atoms with Crippen molar-refractivity contribution in [2.24, 2.45) is 0 Å². The molecule has 2 amide bonds. The molecule has 0 fully saturated rings. The summed E-state index contributed by atoms with van der Waals surface area (Å²) in [7, 11) is 3.41. The Bertz CT molecular complexity index is 2280. The number of benzene rings is 6. The number of allylic oxidation sites excluding steroid dienone is 1. The smallest absolute Gasteiger partial charge is 0.254 e. The third-order valence-electron chi connectivity index (χ3n) is 9.64. The van der Waals surface area contributed by atoms with Crippen LogP contribution in [0.15, 0.2) is 134 Å². The number of amides is 2. The molecule has 0 saturated carbocycles. The number of rotatable bonds is 12. The molecule has 0 aliphatic carbocycles. The van der Waals surface area contributed by atoms with Crippen LogP contribution in [0.4, 0.5) is 8.78 Å². The van der Waals surface area contributed by atoms with Gasteiger partial charge in [0.05, 0.1) is 23.3 Å². The maximum absolute atomic E-state index is 13.3. The van der Waals surface area contributed by atoms with Crippen molar-refractivity contribution in [2.75, 3.05) is 27.2 Å². The highest BCUT2D eigenvalue weighted by molar-refractivity contribution is 6.08. The summed E-state index contributed by atoms with van der Waals surface area (Å²) >= 11 is 0. The van der Waals surface area contributed by atoms with Gasteiger partial charge in [0.25, 0.3) is 11.8 Å². The minimum absolute atomic E-state index is 0.0115. The Hall–Kier alpha value is -6.97. The Morgan fingerprint density at radius 2 is 1.04 bits per heavy atom. The fraction of sp³-hybridized carbons (Fsp3) is 0.170. The number of carbonyl (C=O) groups excluding carboxylic acids is 3. The maximum atomic E-state index is 13.3. The van der Waals surface area contributed by atoms with Crippen molar-refractivity contribution in [3.63, 3.8) is 0 Å². The van der Waals surface area contributed by atoms with E-state index < -0.39 is 0 Å². The van der Waals surface area contributed by atoms with Crippen LogP contribution in [0.1, 0.15) is 67.6 Å². The lowest BCUT2D eigenvalue weighted by molar-refractivity contribution is -0.108. The highest BCUT2D eigenvalue weighted by Crippen LogP contribution is 2.27. The Morgan fingerprint density at radius 3 is 1.41 bits per heavy atom. The lowest BCUT2D eigenvalue weighted by Gasteiger charge is -2.24. The van der Waals surface area contributed by atoms with Crippen LogP contribution in [0.5, 0.6) is 0 Å². The van der Waals surface area contributed by atoms with Gasteiger partial charge in [0.2, 0.25) is 0 Å². The molecular formula is C47H40F2N4O3. The Morgan fingerprint density at radius 1 is 0.643 bits per heavy atom. The van der Waals surface area contributed by atoms with Gasteiger partial charge in [-0.05, 0) is 87.6 Å². The summed E-state index contributed by atoms with van der Waals surface area (Å²) in [6.45, 7) is 4.56. The molecule has 0 aliphatic heterocycles. The van der Waals surface area contributed by atoms with Gasteiger partial charge in [-0.3, -0.25) is 9.59 Å². The Kier molecular flexibility index (Phi) is 13.6. The molecule has 280 valence electrons.